The van der Waals surface area contributed by atoms with Crippen LogP contribution in [0.1, 0.15) is 25.7 Å². The Bertz CT molecular complexity index is 386. The Morgan fingerprint density at radius 2 is 1.71 bits per heavy atom. The van der Waals surface area contributed by atoms with Crippen LogP contribution in [0.5, 0.6) is 11.5 Å². The number of amides is 1. The molecule has 3 N–H and O–H groups in total. The first kappa shape index (κ1) is 13.0. The number of carbonyl (C=O) groups excluding carboxylic acids is 2. The zero-order valence-corrected chi connectivity index (χ0v) is 9.39. The molecule has 0 radical (unpaired) electrons. The van der Waals surface area contributed by atoms with Crippen molar-refractivity contribution in [3.05, 3.63) is 24.3 Å². The number of aromatic hydroxyl groups is 1. The van der Waals surface area contributed by atoms with Crippen molar-refractivity contribution >= 4 is 11.9 Å². The molecule has 0 aromatic heterocycles. The van der Waals surface area contributed by atoms with Crippen LogP contribution in [-0.2, 0) is 9.59 Å². The third kappa shape index (κ3) is 5.55. The number of ether oxygens (including phenoxy) is 1. The van der Waals surface area contributed by atoms with Crippen molar-refractivity contribution in [1.82, 2.24) is 0 Å². The number of unbranched alkanes of at least 4 members (excludes halogenated alkanes) is 1. The number of carbonyl (C=O) groups is 2. The largest absolute Gasteiger partial charge is 0.508 e. The molecule has 1 amide bonds. The molecule has 0 saturated heterocycles. The topological polar surface area (TPSA) is 89.6 Å². The van der Waals surface area contributed by atoms with Gasteiger partial charge in [0.1, 0.15) is 11.5 Å². The van der Waals surface area contributed by atoms with Crippen LogP contribution >= 0.6 is 0 Å². The lowest BCUT2D eigenvalue weighted by molar-refractivity contribution is -0.134. The highest BCUT2D eigenvalue weighted by Gasteiger charge is 2.05. The molecule has 0 aliphatic carbocycles. The highest BCUT2D eigenvalue weighted by atomic mass is 16.5. The number of primary amides is 1. The summed E-state index contributed by atoms with van der Waals surface area (Å²) in [6, 6.07) is 5.90. The zero-order valence-electron chi connectivity index (χ0n) is 9.39. The maximum atomic E-state index is 11.3. The summed E-state index contributed by atoms with van der Waals surface area (Å²) in [6.07, 6.45) is 1.68. The predicted molar refractivity (Wildman–Crippen MR) is 61.4 cm³/mol. The molecule has 1 rings (SSSR count). The van der Waals surface area contributed by atoms with Crippen molar-refractivity contribution in [1.29, 1.82) is 0 Å². The third-order valence-electron chi connectivity index (χ3n) is 2.12. The Balaban J connectivity index is 2.25. The van der Waals surface area contributed by atoms with Crippen LogP contribution in [0.2, 0.25) is 0 Å². The number of hydrogen-bond acceptors (Lipinski definition) is 4. The van der Waals surface area contributed by atoms with Gasteiger partial charge in [0.05, 0.1) is 0 Å². The summed E-state index contributed by atoms with van der Waals surface area (Å²) in [5.41, 5.74) is 4.97. The summed E-state index contributed by atoms with van der Waals surface area (Å²) in [7, 11) is 0. The zero-order chi connectivity index (χ0) is 12.7. The molecule has 0 heterocycles. The van der Waals surface area contributed by atoms with E-state index in [2.05, 4.69) is 0 Å². The Kier molecular flexibility index (Phi) is 5.00. The van der Waals surface area contributed by atoms with Crippen molar-refractivity contribution in [2.24, 2.45) is 5.73 Å². The molecule has 0 aliphatic heterocycles. The van der Waals surface area contributed by atoms with E-state index in [9.17, 15) is 9.59 Å². The van der Waals surface area contributed by atoms with Crippen LogP contribution in [0.25, 0.3) is 0 Å². The predicted octanol–water partition coefficient (Wildman–Crippen LogP) is 1.34. The summed E-state index contributed by atoms with van der Waals surface area (Å²) in [5.74, 6) is -0.217. The van der Waals surface area contributed by atoms with Gasteiger partial charge in [-0.2, -0.15) is 0 Å². The van der Waals surface area contributed by atoms with E-state index in [0.29, 0.717) is 18.6 Å². The van der Waals surface area contributed by atoms with Gasteiger partial charge in [-0.05, 0) is 37.1 Å². The second-order valence-electron chi connectivity index (χ2n) is 3.64. The van der Waals surface area contributed by atoms with Crippen molar-refractivity contribution in [3.8, 4) is 11.5 Å². The van der Waals surface area contributed by atoms with Gasteiger partial charge in [-0.25, -0.2) is 0 Å². The first-order chi connectivity index (χ1) is 8.08. The number of rotatable bonds is 6. The number of phenolic OH excluding ortho intramolecular Hbond substituents is 1. The average molecular weight is 237 g/mol. The van der Waals surface area contributed by atoms with E-state index in [1.165, 1.54) is 24.3 Å². The van der Waals surface area contributed by atoms with Gasteiger partial charge in [0.25, 0.3) is 0 Å². The van der Waals surface area contributed by atoms with Gasteiger partial charge in [-0.15, -0.1) is 0 Å². The van der Waals surface area contributed by atoms with Gasteiger partial charge in [0.2, 0.25) is 5.91 Å². The average Bonchev–Trinajstić information content (AvgIpc) is 2.27. The monoisotopic (exact) mass is 237 g/mol. The van der Waals surface area contributed by atoms with E-state index < -0.39 is 0 Å². The number of benzene rings is 1. The van der Waals surface area contributed by atoms with E-state index in [-0.39, 0.29) is 30.5 Å². The highest BCUT2D eigenvalue weighted by Crippen LogP contribution is 2.16. The molecular weight excluding hydrogens is 222 g/mol. The van der Waals surface area contributed by atoms with Gasteiger partial charge in [0, 0.05) is 12.8 Å². The van der Waals surface area contributed by atoms with Crippen molar-refractivity contribution in [2.75, 3.05) is 0 Å². The normalized spacial score (nSPS) is 9.88. The van der Waals surface area contributed by atoms with Gasteiger partial charge < -0.3 is 15.6 Å². The smallest absolute Gasteiger partial charge is 0.311 e. The molecule has 0 spiro atoms. The maximum absolute atomic E-state index is 11.3. The van der Waals surface area contributed by atoms with E-state index >= 15 is 0 Å². The number of phenols is 1. The van der Waals surface area contributed by atoms with E-state index in [0.717, 1.165) is 0 Å². The van der Waals surface area contributed by atoms with Crippen molar-refractivity contribution in [2.45, 2.75) is 25.7 Å². The van der Waals surface area contributed by atoms with Crippen molar-refractivity contribution < 1.29 is 19.4 Å². The first-order valence-electron chi connectivity index (χ1n) is 5.36. The Morgan fingerprint density at radius 3 is 2.29 bits per heavy atom. The second-order valence-corrected chi connectivity index (χ2v) is 3.64. The minimum Gasteiger partial charge on any atom is -0.508 e. The van der Waals surface area contributed by atoms with Crippen LogP contribution in [0, 0.1) is 0 Å². The summed E-state index contributed by atoms with van der Waals surface area (Å²) < 4.78 is 5.01. The Hall–Kier alpha value is -2.04. The molecule has 0 fully saturated rings. The van der Waals surface area contributed by atoms with E-state index in [1.54, 1.807) is 0 Å². The fraction of sp³-hybridized carbons (Fsp3) is 0.333. The SMILES string of the molecule is NC(=O)CCCCC(=O)Oc1ccc(O)cc1. The molecule has 0 unspecified atom stereocenters. The van der Waals surface area contributed by atoms with Crippen LogP contribution in [0.4, 0.5) is 0 Å². The summed E-state index contributed by atoms with van der Waals surface area (Å²) in [6.45, 7) is 0. The highest BCUT2D eigenvalue weighted by molar-refractivity contribution is 5.74. The van der Waals surface area contributed by atoms with Gasteiger partial charge in [0.15, 0.2) is 0 Å². The summed E-state index contributed by atoms with van der Waals surface area (Å²) in [4.78, 5) is 21.8. The first-order valence-corrected chi connectivity index (χ1v) is 5.36. The number of esters is 1. The molecule has 5 nitrogen and oxygen atoms in total. The van der Waals surface area contributed by atoms with Crippen LogP contribution < -0.4 is 10.5 Å². The summed E-state index contributed by atoms with van der Waals surface area (Å²) in [5, 5.41) is 9.03. The van der Waals surface area contributed by atoms with Crippen molar-refractivity contribution in [3.63, 3.8) is 0 Å². The summed E-state index contributed by atoms with van der Waals surface area (Å²) >= 11 is 0. The quantitative estimate of drug-likeness (QED) is 0.444. The number of nitrogens with two attached hydrogens (primary N) is 1. The minimum absolute atomic E-state index is 0.117. The molecule has 0 atom stereocenters. The molecular formula is C12H15NO4. The third-order valence-corrected chi connectivity index (χ3v) is 2.12. The fourth-order valence-corrected chi connectivity index (χ4v) is 1.27. The Morgan fingerprint density at radius 1 is 1.12 bits per heavy atom. The van der Waals surface area contributed by atoms with Gasteiger partial charge in [-0.1, -0.05) is 0 Å². The molecule has 17 heavy (non-hydrogen) atoms. The number of hydrogen-bond donors (Lipinski definition) is 2. The van der Waals surface area contributed by atoms with E-state index in [4.69, 9.17) is 15.6 Å². The molecule has 5 heteroatoms. The fourth-order valence-electron chi connectivity index (χ4n) is 1.27. The lowest BCUT2D eigenvalue weighted by atomic mass is 10.2. The van der Waals surface area contributed by atoms with Gasteiger partial charge in [-0.3, -0.25) is 9.59 Å². The molecule has 0 saturated carbocycles. The minimum atomic E-state index is -0.364. The van der Waals surface area contributed by atoms with Crippen LogP contribution in [-0.4, -0.2) is 17.0 Å². The maximum Gasteiger partial charge on any atom is 0.311 e. The lowest BCUT2D eigenvalue weighted by Gasteiger charge is -2.03. The van der Waals surface area contributed by atoms with Crippen LogP contribution in [0.15, 0.2) is 24.3 Å². The molecule has 0 aliphatic rings. The van der Waals surface area contributed by atoms with Crippen LogP contribution in [0.3, 0.4) is 0 Å². The molecule has 92 valence electrons. The molecule has 1 aromatic rings. The van der Waals surface area contributed by atoms with E-state index in [1.807, 2.05) is 0 Å². The Labute approximate surface area is 99.2 Å². The van der Waals surface area contributed by atoms with Gasteiger partial charge >= 0.3 is 5.97 Å². The standard InChI is InChI=1S/C12H15NO4/c13-11(15)3-1-2-4-12(16)17-10-7-5-9(14)6-8-10/h5-8,14H,1-4H2,(H2,13,15). The second kappa shape index (κ2) is 6.52. The lowest BCUT2D eigenvalue weighted by Crippen LogP contribution is -2.11. The molecule has 1 aromatic carbocycles. The molecule has 0 bridgehead atoms.